The number of aromatic nitrogens is 4. The van der Waals surface area contributed by atoms with Gasteiger partial charge >= 0.3 is 0 Å². The van der Waals surface area contributed by atoms with Crippen molar-refractivity contribution in [2.24, 2.45) is 5.92 Å². The highest BCUT2D eigenvalue weighted by molar-refractivity contribution is 7.98. The Hall–Kier alpha value is -0.960. The van der Waals surface area contributed by atoms with Crippen molar-refractivity contribution in [2.45, 2.75) is 63.4 Å². The largest absolute Gasteiger partial charge is 0.287 e. The smallest absolute Gasteiger partial charge is 0.263 e. The van der Waals surface area contributed by atoms with Crippen molar-refractivity contribution < 1.29 is 0 Å². The van der Waals surface area contributed by atoms with Crippen molar-refractivity contribution in [3.8, 4) is 0 Å². The third-order valence-corrected chi connectivity index (χ3v) is 7.97. The normalized spacial score (nSPS) is 14.2. The number of halogens is 1. The predicted molar refractivity (Wildman–Crippen MR) is 114 cm³/mol. The van der Waals surface area contributed by atoms with Gasteiger partial charge in [-0.3, -0.25) is 9.36 Å². The second-order valence-corrected chi connectivity index (χ2v) is 10.6. The van der Waals surface area contributed by atoms with Crippen LogP contribution >= 0.6 is 46.2 Å². The third kappa shape index (κ3) is 3.95. The van der Waals surface area contributed by atoms with Crippen molar-refractivity contribution in [3.63, 3.8) is 0 Å². The first-order valence-electron chi connectivity index (χ1n) is 9.19. The predicted octanol–water partition coefficient (Wildman–Crippen LogP) is 5.18. The number of nitrogens with zero attached hydrogens (tertiary/aromatic N) is 4. The third-order valence-electron chi connectivity index (χ3n) is 4.82. The van der Waals surface area contributed by atoms with E-state index in [4.69, 9.17) is 16.6 Å². The van der Waals surface area contributed by atoms with E-state index in [1.54, 1.807) is 11.3 Å². The lowest BCUT2D eigenvalue weighted by Gasteiger charge is -2.14. The molecule has 4 rings (SSSR count). The van der Waals surface area contributed by atoms with E-state index in [1.807, 2.05) is 4.57 Å². The lowest BCUT2D eigenvalue weighted by atomic mass is 9.97. The Morgan fingerprint density at radius 3 is 2.85 bits per heavy atom. The summed E-state index contributed by atoms with van der Waals surface area (Å²) in [5.74, 6) is 1.10. The number of thioether (sulfide) groups is 1. The van der Waals surface area contributed by atoms with Gasteiger partial charge in [-0.2, -0.15) is 0 Å². The molecule has 0 atom stereocenters. The molecule has 0 amide bonds. The van der Waals surface area contributed by atoms with Crippen molar-refractivity contribution in [3.05, 3.63) is 30.8 Å². The molecule has 0 fully saturated rings. The first-order valence-corrected chi connectivity index (χ1v) is 12.1. The van der Waals surface area contributed by atoms with Crippen LogP contribution in [0, 0.1) is 5.92 Å². The van der Waals surface area contributed by atoms with Crippen LogP contribution in [-0.2, 0) is 25.1 Å². The molecule has 1 aliphatic rings. The maximum absolute atomic E-state index is 13.4. The lowest BCUT2D eigenvalue weighted by molar-refractivity contribution is 0.481. The van der Waals surface area contributed by atoms with Gasteiger partial charge in [0.1, 0.15) is 14.9 Å². The highest BCUT2D eigenvalue weighted by Gasteiger charge is 2.22. The molecular weight excluding hydrogens is 420 g/mol. The minimum Gasteiger partial charge on any atom is -0.287 e. The van der Waals surface area contributed by atoms with Crippen LogP contribution in [0.1, 0.15) is 49.2 Å². The fraction of sp³-hybridized carbons (Fsp3) is 0.556. The first-order chi connectivity index (χ1) is 13.0. The summed E-state index contributed by atoms with van der Waals surface area (Å²) in [5.41, 5.74) is 2.12. The summed E-state index contributed by atoms with van der Waals surface area (Å²) in [4.78, 5) is 20.5. The van der Waals surface area contributed by atoms with E-state index in [0.717, 1.165) is 46.8 Å². The zero-order valence-corrected chi connectivity index (χ0v) is 18.5. The van der Waals surface area contributed by atoms with Gasteiger partial charge in [0, 0.05) is 28.7 Å². The van der Waals surface area contributed by atoms with E-state index in [-0.39, 0.29) is 5.56 Å². The molecule has 1 aliphatic carbocycles. The van der Waals surface area contributed by atoms with E-state index in [2.05, 4.69) is 23.4 Å². The average Bonchev–Trinajstić information content (AvgIpc) is 3.22. The summed E-state index contributed by atoms with van der Waals surface area (Å²) in [6.45, 7) is 5.05. The van der Waals surface area contributed by atoms with Gasteiger partial charge in [-0.1, -0.05) is 41.7 Å². The fourth-order valence-electron chi connectivity index (χ4n) is 3.33. The number of aryl methyl sites for hydroxylation is 2. The van der Waals surface area contributed by atoms with Gasteiger partial charge < -0.3 is 0 Å². The van der Waals surface area contributed by atoms with Crippen LogP contribution in [0.2, 0.25) is 4.34 Å². The molecule has 0 radical (unpaired) electrons. The molecule has 0 saturated carbocycles. The second-order valence-electron chi connectivity index (χ2n) is 7.21. The molecule has 0 bridgehead atoms. The van der Waals surface area contributed by atoms with Crippen LogP contribution in [0.3, 0.4) is 0 Å². The molecule has 27 heavy (non-hydrogen) atoms. The minimum absolute atomic E-state index is 0.116. The molecule has 3 heterocycles. The molecule has 3 aromatic rings. The topological polar surface area (TPSA) is 60.7 Å². The standard InChI is InChI=1S/C18H21ClN4OS3/c1-10(2)7-8-23-17(24)14-11-5-3-4-6-13(11)26-16(14)20-18(23)25-9-12-15(19)27-22-21-12/h10H,3-9H2,1-2H3. The van der Waals surface area contributed by atoms with E-state index in [0.29, 0.717) is 22.6 Å². The molecule has 0 N–H and O–H groups in total. The zero-order chi connectivity index (χ0) is 19.0. The fourth-order valence-corrected chi connectivity index (χ4v) is 6.39. The Morgan fingerprint density at radius 1 is 1.30 bits per heavy atom. The van der Waals surface area contributed by atoms with Gasteiger partial charge in [-0.05, 0) is 43.6 Å². The lowest BCUT2D eigenvalue weighted by Crippen LogP contribution is -2.24. The molecule has 0 saturated heterocycles. The number of hydrogen-bond acceptors (Lipinski definition) is 7. The second kappa shape index (κ2) is 8.19. The Labute approximate surface area is 175 Å². The van der Waals surface area contributed by atoms with Gasteiger partial charge in [0.15, 0.2) is 5.16 Å². The summed E-state index contributed by atoms with van der Waals surface area (Å²) >= 11 is 10.5. The van der Waals surface area contributed by atoms with Gasteiger partial charge in [-0.15, -0.1) is 16.4 Å². The molecule has 3 aromatic heterocycles. The maximum Gasteiger partial charge on any atom is 0.263 e. The highest BCUT2D eigenvalue weighted by atomic mass is 35.5. The molecule has 5 nitrogen and oxygen atoms in total. The van der Waals surface area contributed by atoms with Crippen LogP contribution < -0.4 is 5.56 Å². The van der Waals surface area contributed by atoms with Crippen molar-refractivity contribution in [1.82, 2.24) is 19.1 Å². The van der Waals surface area contributed by atoms with Crippen LogP contribution in [-0.4, -0.2) is 19.1 Å². The van der Waals surface area contributed by atoms with Gasteiger partial charge in [0.05, 0.1) is 5.39 Å². The molecule has 0 unspecified atom stereocenters. The Balaban J connectivity index is 1.76. The van der Waals surface area contributed by atoms with E-state index >= 15 is 0 Å². The Morgan fingerprint density at radius 2 is 2.11 bits per heavy atom. The molecule has 0 aliphatic heterocycles. The molecule has 9 heteroatoms. The molecule has 0 spiro atoms. The summed E-state index contributed by atoms with van der Waals surface area (Å²) in [5, 5.41) is 5.69. The van der Waals surface area contributed by atoms with E-state index < -0.39 is 0 Å². The Kier molecular flexibility index (Phi) is 5.87. The summed E-state index contributed by atoms with van der Waals surface area (Å²) < 4.78 is 6.35. The average molecular weight is 441 g/mol. The number of rotatable bonds is 6. The summed E-state index contributed by atoms with van der Waals surface area (Å²) in [7, 11) is 0. The van der Waals surface area contributed by atoms with Crippen molar-refractivity contribution in [2.75, 3.05) is 0 Å². The quantitative estimate of drug-likeness (QED) is 0.390. The number of thiophene rings is 1. The summed E-state index contributed by atoms with van der Waals surface area (Å²) in [6, 6.07) is 0. The minimum atomic E-state index is 0.116. The van der Waals surface area contributed by atoms with Crippen LogP contribution in [0.15, 0.2) is 9.95 Å². The van der Waals surface area contributed by atoms with Crippen molar-refractivity contribution in [1.29, 1.82) is 0 Å². The van der Waals surface area contributed by atoms with Crippen LogP contribution in [0.25, 0.3) is 10.2 Å². The zero-order valence-electron chi connectivity index (χ0n) is 15.3. The molecular formula is C18H21ClN4OS3. The SMILES string of the molecule is CC(C)CCn1c(SCc2nnsc2Cl)nc2sc3c(c2c1=O)CCCC3. The van der Waals surface area contributed by atoms with E-state index in [1.165, 1.54) is 40.2 Å². The van der Waals surface area contributed by atoms with Crippen molar-refractivity contribution >= 4 is 56.4 Å². The number of hydrogen-bond donors (Lipinski definition) is 0. The van der Waals surface area contributed by atoms with Crippen LogP contribution in [0.5, 0.6) is 0 Å². The first kappa shape index (κ1) is 19.4. The van der Waals surface area contributed by atoms with Gasteiger partial charge in [-0.25, -0.2) is 4.98 Å². The van der Waals surface area contributed by atoms with E-state index in [9.17, 15) is 4.79 Å². The monoisotopic (exact) mass is 440 g/mol. The summed E-state index contributed by atoms with van der Waals surface area (Å²) in [6.07, 6.45) is 5.40. The van der Waals surface area contributed by atoms with Gasteiger partial charge in [0.2, 0.25) is 0 Å². The van der Waals surface area contributed by atoms with Gasteiger partial charge in [0.25, 0.3) is 5.56 Å². The number of fused-ring (bicyclic) bond motifs is 3. The highest BCUT2D eigenvalue weighted by Crippen LogP contribution is 2.35. The maximum atomic E-state index is 13.4. The Bertz CT molecular complexity index is 1020. The molecule has 0 aromatic carbocycles. The molecule has 144 valence electrons. The van der Waals surface area contributed by atoms with Crippen LogP contribution in [0.4, 0.5) is 0 Å².